The first kappa shape index (κ1) is 15.8. The highest BCUT2D eigenvalue weighted by molar-refractivity contribution is 5.78. The van der Waals surface area contributed by atoms with E-state index < -0.39 is 0 Å². The lowest BCUT2D eigenvalue weighted by molar-refractivity contribution is -0.128. The van der Waals surface area contributed by atoms with E-state index in [4.69, 9.17) is 10.5 Å². The smallest absolute Gasteiger partial charge is 0.223 e. The number of hydrogen-bond acceptors (Lipinski definition) is 4. The quantitative estimate of drug-likeness (QED) is 0.717. The predicted octanol–water partition coefficient (Wildman–Crippen LogP) is 0.632. The fourth-order valence-corrected chi connectivity index (χ4v) is 1.45. The molecule has 0 fully saturated rings. The lowest BCUT2D eigenvalue weighted by Gasteiger charge is -2.10. The molecule has 0 spiro atoms. The highest BCUT2D eigenvalue weighted by Gasteiger charge is 2.05. The van der Waals surface area contributed by atoms with Crippen molar-refractivity contribution in [1.29, 1.82) is 0 Å². The number of ether oxygens (including phenoxy) is 1. The van der Waals surface area contributed by atoms with Crippen LogP contribution in [0.2, 0.25) is 0 Å². The number of nitrogens with one attached hydrogen (secondary N) is 1. The Hall–Kier alpha value is -2.24. The van der Waals surface area contributed by atoms with Crippen LogP contribution in [0.1, 0.15) is 12.8 Å². The summed E-state index contributed by atoms with van der Waals surface area (Å²) in [6.07, 6.45) is 0.554. The zero-order valence-electron chi connectivity index (χ0n) is 11.9. The van der Waals surface area contributed by atoms with Crippen molar-refractivity contribution in [3.63, 3.8) is 0 Å². The summed E-state index contributed by atoms with van der Waals surface area (Å²) in [7, 11) is 3.37. The number of anilines is 1. The van der Waals surface area contributed by atoms with Crippen molar-refractivity contribution in [3.8, 4) is 5.75 Å². The molecule has 20 heavy (non-hydrogen) atoms. The van der Waals surface area contributed by atoms with Gasteiger partial charge in [0.2, 0.25) is 11.8 Å². The predicted molar refractivity (Wildman–Crippen MR) is 77.3 cm³/mol. The fraction of sp³-hybridized carbons (Fsp3) is 0.429. The largest absolute Gasteiger partial charge is 0.493 e. The molecule has 0 radical (unpaired) electrons. The van der Waals surface area contributed by atoms with Crippen LogP contribution in [0, 0.1) is 0 Å². The van der Waals surface area contributed by atoms with Crippen LogP contribution in [-0.2, 0) is 9.59 Å². The van der Waals surface area contributed by atoms with Gasteiger partial charge in [0.25, 0.3) is 0 Å². The van der Waals surface area contributed by atoms with Crippen LogP contribution in [0.3, 0.4) is 0 Å². The second-order valence-electron chi connectivity index (χ2n) is 4.56. The van der Waals surface area contributed by atoms with E-state index in [0.29, 0.717) is 24.4 Å². The molecule has 0 aliphatic carbocycles. The highest BCUT2D eigenvalue weighted by atomic mass is 16.5. The average molecular weight is 279 g/mol. The van der Waals surface area contributed by atoms with Gasteiger partial charge in [0.15, 0.2) is 0 Å². The Morgan fingerprint density at radius 1 is 1.20 bits per heavy atom. The highest BCUT2D eigenvalue weighted by Crippen LogP contribution is 2.12. The number of carbonyl (C=O) groups is 2. The molecule has 0 saturated carbocycles. The molecule has 110 valence electrons. The third-order valence-electron chi connectivity index (χ3n) is 2.64. The Morgan fingerprint density at radius 3 is 2.45 bits per heavy atom. The van der Waals surface area contributed by atoms with E-state index in [-0.39, 0.29) is 24.8 Å². The Kier molecular flexibility index (Phi) is 6.36. The number of carbonyl (C=O) groups excluding carboxylic acids is 2. The maximum absolute atomic E-state index is 11.5. The summed E-state index contributed by atoms with van der Waals surface area (Å²) in [6.45, 7) is 0.634. The summed E-state index contributed by atoms with van der Waals surface area (Å²) in [5.74, 6) is 0.533. The molecule has 0 heterocycles. The van der Waals surface area contributed by atoms with Crippen molar-refractivity contribution in [2.75, 3.05) is 33.0 Å². The van der Waals surface area contributed by atoms with Gasteiger partial charge in [-0.25, -0.2) is 0 Å². The molecule has 0 bridgehead atoms. The van der Waals surface area contributed by atoms with E-state index in [0.717, 1.165) is 0 Å². The lowest BCUT2D eigenvalue weighted by Crippen LogP contribution is -2.30. The van der Waals surface area contributed by atoms with Crippen molar-refractivity contribution >= 4 is 17.5 Å². The van der Waals surface area contributed by atoms with Crippen LogP contribution in [-0.4, -0.2) is 44.0 Å². The van der Waals surface area contributed by atoms with E-state index in [1.807, 2.05) is 0 Å². The Balaban J connectivity index is 2.14. The van der Waals surface area contributed by atoms with Gasteiger partial charge in [-0.15, -0.1) is 0 Å². The summed E-state index contributed by atoms with van der Waals surface area (Å²) in [5.41, 5.74) is 6.22. The van der Waals surface area contributed by atoms with Crippen LogP contribution in [0.5, 0.6) is 5.75 Å². The third-order valence-corrected chi connectivity index (χ3v) is 2.64. The van der Waals surface area contributed by atoms with Gasteiger partial charge in [0.05, 0.1) is 13.0 Å². The van der Waals surface area contributed by atoms with Gasteiger partial charge < -0.3 is 20.7 Å². The van der Waals surface area contributed by atoms with Gasteiger partial charge in [-0.2, -0.15) is 0 Å². The number of nitrogen functional groups attached to an aromatic ring is 1. The van der Waals surface area contributed by atoms with E-state index >= 15 is 0 Å². The minimum absolute atomic E-state index is 0.0107. The molecule has 0 aromatic heterocycles. The minimum atomic E-state index is -0.132. The zero-order chi connectivity index (χ0) is 15.0. The van der Waals surface area contributed by atoms with Crippen LogP contribution >= 0.6 is 0 Å². The normalized spacial score (nSPS) is 9.90. The SMILES string of the molecule is CN(C)C(=O)CCNC(=O)CCOc1ccc(N)cc1. The molecule has 0 aliphatic heterocycles. The molecule has 6 heteroatoms. The van der Waals surface area contributed by atoms with Crippen LogP contribution in [0.4, 0.5) is 5.69 Å². The lowest BCUT2D eigenvalue weighted by atomic mass is 10.3. The van der Waals surface area contributed by atoms with Crippen LogP contribution < -0.4 is 15.8 Å². The Bertz CT molecular complexity index is 443. The van der Waals surface area contributed by atoms with Gasteiger partial charge in [-0.05, 0) is 24.3 Å². The fourth-order valence-electron chi connectivity index (χ4n) is 1.45. The van der Waals surface area contributed by atoms with Crippen molar-refractivity contribution < 1.29 is 14.3 Å². The van der Waals surface area contributed by atoms with Crippen molar-refractivity contribution in [2.45, 2.75) is 12.8 Å². The summed E-state index contributed by atoms with van der Waals surface area (Å²) in [5, 5.41) is 2.68. The van der Waals surface area contributed by atoms with Gasteiger partial charge in [-0.3, -0.25) is 9.59 Å². The molecule has 0 unspecified atom stereocenters. The number of benzene rings is 1. The maximum Gasteiger partial charge on any atom is 0.223 e. The van der Waals surface area contributed by atoms with Crippen molar-refractivity contribution in [2.24, 2.45) is 0 Å². The number of amides is 2. The first-order valence-electron chi connectivity index (χ1n) is 6.44. The average Bonchev–Trinajstić information content (AvgIpc) is 2.40. The van der Waals surface area contributed by atoms with E-state index in [9.17, 15) is 9.59 Å². The van der Waals surface area contributed by atoms with Gasteiger partial charge in [0, 0.05) is 32.7 Å². The zero-order valence-corrected chi connectivity index (χ0v) is 11.9. The number of rotatable bonds is 7. The number of hydrogen-bond donors (Lipinski definition) is 2. The molecule has 0 atom stereocenters. The molecule has 6 nitrogen and oxygen atoms in total. The first-order chi connectivity index (χ1) is 9.49. The molecule has 1 rings (SSSR count). The monoisotopic (exact) mass is 279 g/mol. The molecule has 0 aliphatic rings. The first-order valence-corrected chi connectivity index (χ1v) is 6.44. The van der Waals surface area contributed by atoms with Gasteiger partial charge in [0.1, 0.15) is 5.75 Å². The molecule has 1 aromatic rings. The second kappa shape index (κ2) is 8.04. The Labute approximate surface area is 118 Å². The van der Waals surface area contributed by atoms with E-state index in [1.165, 1.54) is 4.90 Å². The van der Waals surface area contributed by atoms with E-state index in [2.05, 4.69) is 5.32 Å². The van der Waals surface area contributed by atoms with Crippen LogP contribution in [0.25, 0.3) is 0 Å². The maximum atomic E-state index is 11.5. The molecular formula is C14H21N3O3. The molecule has 3 N–H and O–H groups in total. The summed E-state index contributed by atoms with van der Waals surface area (Å²) in [4.78, 5) is 24.3. The Morgan fingerprint density at radius 2 is 1.85 bits per heavy atom. The number of nitrogens with two attached hydrogens (primary N) is 1. The van der Waals surface area contributed by atoms with Crippen molar-refractivity contribution in [1.82, 2.24) is 10.2 Å². The standard InChI is InChI=1S/C14H21N3O3/c1-17(2)14(19)7-9-16-13(18)8-10-20-12-5-3-11(15)4-6-12/h3-6H,7-10,15H2,1-2H3,(H,16,18). The molecule has 0 saturated heterocycles. The molecule has 1 aromatic carbocycles. The summed E-state index contributed by atoms with van der Waals surface area (Å²) >= 11 is 0. The van der Waals surface area contributed by atoms with Crippen molar-refractivity contribution in [3.05, 3.63) is 24.3 Å². The second-order valence-corrected chi connectivity index (χ2v) is 4.56. The molecular weight excluding hydrogens is 258 g/mol. The number of nitrogens with zero attached hydrogens (tertiary/aromatic N) is 1. The minimum Gasteiger partial charge on any atom is -0.493 e. The summed E-state index contributed by atoms with van der Waals surface area (Å²) in [6, 6.07) is 6.98. The topological polar surface area (TPSA) is 84.7 Å². The van der Waals surface area contributed by atoms with Gasteiger partial charge >= 0.3 is 0 Å². The summed E-state index contributed by atoms with van der Waals surface area (Å²) < 4.78 is 5.41. The van der Waals surface area contributed by atoms with E-state index in [1.54, 1.807) is 38.4 Å². The van der Waals surface area contributed by atoms with Gasteiger partial charge in [-0.1, -0.05) is 0 Å². The molecule has 2 amide bonds. The van der Waals surface area contributed by atoms with Crippen LogP contribution in [0.15, 0.2) is 24.3 Å². The third kappa shape index (κ3) is 6.08.